The van der Waals surface area contributed by atoms with Crippen molar-refractivity contribution in [3.8, 4) is 0 Å². The van der Waals surface area contributed by atoms with Crippen molar-refractivity contribution in [3.63, 3.8) is 0 Å². The first-order chi connectivity index (χ1) is 4.83. The van der Waals surface area contributed by atoms with Crippen molar-refractivity contribution < 1.29 is 9.90 Å². The lowest BCUT2D eigenvalue weighted by atomic mass is 10.3. The molecular weight excluding hydrogens is 132 g/mol. The molecule has 0 atom stereocenters. The van der Waals surface area contributed by atoms with Gasteiger partial charge >= 0.3 is 6.03 Å². The van der Waals surface area contributed by atoms with E-state index in [9.17, 15) is 4.79 Å². The minimum Gasteiger partial charge on any atom is -0.516 e. The van der Waals surface area contributed by atoms with Gasteiger partial charge in [-0.1, -0.05) is 0 Å². The summed E-state index contributed by atoms with van der Waals surface area (Å²) in [6.07, 6.45) is 4.25. The quantitative estimate of drug-likeness (QED) is 0.580. The van der Waals surface area contributed by atoms with Crippen molar-refractivity contribution in [2.24, 2.45) is 9.98 Å². The number of hydrogen-bond donors (Lipinski definition) is 1. The molecule has 0 aliphatic carbocycles. The largest absolute Gasteiger partial charge is 0.516 e. The van der Waals surface area contributed by atoms with Crippen LogP contribution < -0.4 is 0 Å². The first kappa shape index (κ1) is 6.67. The van der Waals surface area contributed by atoms with E-state index >= 15 is 0 Å². The highest BCUT2D eigenvalue weighted by Gasteiger charge is 2.04. The topological polar surface area (TPSA) is 62.0 Å². The molecule has 0 aromatic heterocycles. The van der Waals surface area contributed by atoms with Gasteiger partial charge in [-0.2, -0.15) is 9.98 Å². The van der Waals surface area contributed by atoms with Gasteiger partial charge in [0.15, 0.2) is 0 Å². The third-order valence-electron chi connectivity index (χ3n) is 0.996. The minimum absolute atomic E-state index is 0.450. The van der Waals surface area contributed by atoms with Gasteiger partial charge in [0.05, 0.1) is 18.2 Å². The third-order valence-corrected chi connectivity index (χ3v) is 0.996. The lowest BCUT2D eigenvalue weighted by Gasteiger charge is -1.83. The van der Waals surface area contributed by atoms with Gasteiger partial charge in [-0.15, -0.1) is 0 Å². The van der Waals surface area contributed by atoms with E-state index in [-0.39, 0.29) is 0 Å². The summed E-state index contributed by atoms with van der Waals surface area (Å²) in [6.45, 7) is 0. The maximum Gasteiger partial charge on any atom is 0.367 e. The highest BCUT2D eigenvalue weighted by atomic mass is 16.2. The van der Waals surface area contributed by atoms with Gasteiger partial charge < -0.3 is 5.11 Å². The summed E-state index contributed by atoms with van der Waals surface area (Å²) in [6, 6.07) is -0.471. The molecule has 0 aromatic carbocycles. The molecule has 1 aliphatic rings. The van der Waals surface area contributed by atoms with Gasteiger partial charge in [-0.3, -0.25) is 0 Å². The molecule has 4 nitrogen and oxygen atoms in total. The van der Waals surface area contributed by atoms with Crippen LogP contribution in [-0.4, -0.2) is 23.1 Å². The van der Waals surface area contributed by atoms with E-state index in [2.05, 4.69) is 9.98 Å². The second-order valence-corrected chi connectivity index (χ2v) is 1.73. The molecule has 1 aliphatic heterocycles. The Morgan fingerprint density at radius 2 is 2.50 bits per heavy atom. The monoisotopic (exact) mass is 138 g/mol. The summed E-state index contributed by atoms with van der Waals surface area (Å²) >= 11 is 0. The van der Waals surface area contributed by atoms with Gasteiger partial charge in [0.1, 0.15) is 0 Å². The highest BCUT2D eigenvalue weighted by Crippen LogP contribution is 1.96. The molecule has 0 bridgehead atoms. The molecule has 0 unspecified atom stereocenters. The first-order valence-electron chi connectivity index (χ1n) is 2.78. The van der Waals surface area contributed by atoms with Crippen molar-refractivity contribution in [3.05, 3.63) is 12.3 Å². The Labute approximate surface area is 57.6 Å². The smallest absolute Gasteiger partial charge is 0.367 e. The van der Waals surface area contributed by atoms with Crippen LogP contribution in [0.4, 0.5) is 4.79 Å². The first-order valence-corrected chi connectivity index (χ1v) is 2.78. The zero-order chi connectivity index (χ0) is 7.40. The Hall–Kier alpha value is -1.45. The van der Waals surface area contributed by atoms with E-state index in [0.717, 1.165) is 6.26 Å². The van der Waals surface area contributed by atoms with Crippen LogP contribution in [0.3, 0.4) is 0 Å². The number of amides is 2. The van der Waals surface area contributed by atoms with Crippen LogP contribution in [0.5, 0.6) is 0 Å². The Balaban J connectivity index is 2.52. The van der Waals surface area contributed by atoms with Crippen molar-refractivity contribution >= 4 is 18.0 Å². The fourth-order valence-corrected chi connectivity index (χ4v) is 0.582. The number of allylic oxidation sites excluding steroid dienone is 1. The summed E-state index contributed by atoms with van der Waals surface area (Å²) in [4.78, 5) is 17.3. The molecule has 1 heterocycles. The Morgan fingerprint density at radius 1 is 1.70 bits per heavy atom. The molecule has 0 spiro atoms. The Bertz CT molecular complexity index is 228. The number of rotatable bonds is 2. The number of aliphatic imine (C=N–C) groups is 2. The van der Waals surface area contributed by atoms with Crippen LogP contribution in [0.2, 0.25) is 0 Å². The maximum atomic E-state index is 10.3. The standard InChI is InChI=1S/C6H6N2O2/c9-3-1-2-5-4-7-6(10)8-5/h1,3-4,9H,2H2. The molecule has 0 aromatic rings. The normalized spacial score (nSPS) is 16.8. The summed E-state index contributed by atoms with van der Waals surface area (Å²) in [5, 5.41) is 8.23. The molecule has 2 amide bonds. The number of urea groups is 1. The fraction of sp³-hybridized carbons (Fsp3) is 0.167. The number of nitrogens with zero attached hydrogens (tertiary/aromatic N) is 2. The number of carbonyl (C=O) groups is 1. The van der Waals surface area contributed by atoms with Crippen molar-refractivity contribution in [2.75, 3.05) is 0 Å². The molecule has 0 fully saturated rings. The average molecular weight is 138 g/mol. The number of hydrogen-bond acceptors (Lipinski definition) is 2. The highest BCUT2D eigenvalue weighted by molar-refractivity contribution is 6.37. The van der Waals surface area contributed by atoms with Crippen LogP contribution in [-0.2, 0) is 0 Å². The molecule has 10 heavy (non-hydrogen) atoms. The lowest BCUT2D eigenvalue weighted by molar-refractivity contribution is 0.257. The van der Waals surface area contributed by atoms with E-state index in [4.69, 9.17) is 5.11 Å². The van der Waals surface area contributed by atoms with Gasteiger partial charge in [0.25, 0.3) is 0 Å². The van der Waals surface area contributed by atoms with Crippen LogP contribution >= 0.6 is 0 Å². The van der Waals surface area contributed by atoms with Crippen LogP contribution in [0.25, 0.3) is 0 Å². The second-order valence-electron chi connectivity index (χ2n) is 1.73. The molecule has 0 saturated carbocycles. The van der Waals surface area contributed by atoms with Gasteiger partial charge in [0.2, 0.25) is 0 Å². The van der Waals surface area contributed by atoms with Gasteiger partial charge in [0, 0.05) is 6.42 Å². The summed E-state index contributed by atoms with van der Waals surface area (Å²) < 4.78 is 0. The lowest BCUT2D eigenvalue weighted by Crippen LogP contribution is -1.92. The van der Waals surface area contributed by atoms with Crippen molar-refractivity contribution in [1.82, 2.24) is 0 Å². The minimum atomic E-state index is -0.471. The molecule has 52 valence electrons. The number of aliphatic hydroxyl groups excluding tert-OH is 1. The molecule has 4 heteroatoms. The molecule has 0 saturated heterocycles. The zero-order valence-electron chi connectivity index (χ0n) is 5.19. The molecule has 0 radical (unpaired) electrons. The van der Waals surface area contributed by atoms with E-state index < -0.39 is 6.03 Å². The third kappa shape index (κ3) is 1.51. The molecule has 1 N–H and O–H groups in total. The summed E-state index contributed by atoms with van der Waals surface area (Å²) in [5.41, 5.74) is 0.579. The zero-order valence-corrected chi connectivity index (χ0v) is 5.19. The summed E-state index contributed by atoms with van der Waals surface area (Å²) in [7, 11) is 0. The Morgan fingerprint density at radius 3 is 3.00 bits per heavy atom. The molecule has 1 rings (SSSR count). The number of aliphatic hydroxyl groups is 1. The Kier molecular flexibility index (Phi) is 1.94. The summed E-state index contributed by atoms with van der Waals surface area (Å²) in [5.74, 6) is 0. The average Bonchev–Trinajstić information content (AvgIpc) is 2.31. The van der Waals surface area contributed by atoms with E-state index in [1.165, 1.54) is 12.3 Å². The second kappa shape index (κ2) is 2.91. The SMILES string of the molecule is O=C1N=CC(CC=CO)=N1. The van der Waals surface area contributed by atoms with Crippen LogP contribution in [0.1, 0.15) is 6.42 Å². The predicted molar refractivity (Wildman–Crippen MR) is 37.7 cm³/mol. The van der Waals surface area contributed by atoms with Crippen LogP contribution in [0.15, 0.2) is 22.3 Å². The maximum absolute atomic E-state index is 10.3. The number of carbonyl (C=O) groups excluding carboxylic acids is 1. The van der Waals surface area contributed by atoms with Crippen LogP contribution in [0, 0.1) is 0 Å². The van der Waals surface area contributed by atoms with E-state index in [0.29, 0.717) is 12.1 Å². The van der Waals surface area contributed by atoms with E-state index in [1.807, 2.05) is 0 Å². The molecular formula is C6H6N2O2. The predicted octanol–water partition coefficient (Wildman–Crippen LogP) is 1.09. The van der Waals surface area contributed by atoms with Gasteiger partial charge in [-0.25, -0.2) is 4.79 Å². The fourth-order valence-electron chi connectivity index (χ4n) is 0.582. The van der Waals surface area contributed by atoms with Crippen molar-refractivity contribution in [1.29, 1.82) is 0 Å². The van der Waals surface area contributed by atoms with E-state index in [1.54, 1.807) is 0 Å². The van der Waals surface area contributed by atoms with Crippen molar-refractivity contribution in [2.45, 2.75) is 6.42 Å². The van der Waals surface area contributed by atoms with Gasteiger partial charge in [-0.05, 0) is 6.08 Å².